The highest BCUT2D eigenvalue weighted by atomic mass is 16.6. The molecule has 0 radical (unpaired) electrons. The quantitative estimate of drug-likeness (QED) is 0.0556. The molecule has 2 atom stereocenters. The minimum atomic E-state index is -0.849. The standard InChI is InChI=1S/C32H38N2O7.C27H30N2O5/c1-17(2)26(33-31(38)41-32(5,6)7)30(37)39-15-14-34(8)16-23-19(4)24-27(35)28(36)25-21-11-9-10-18(3)20(21)12-13-22(25)29(24)40-23;1-14(2)23(28)27(32)33-12-11-29(5)13-20-16(4)21-24(30)25(31)22-18-8-6-7-15(3)17(18)9-10-19(22)26(21)34-20/h9-13,17,26H,14-16H2,1-8H3,(H,33,38);6-10,14,23H,11-13,28H2,1-5H3/t26-;23-/m00/s1. The van der Waals surface area contributed by atoms with Gasteiger partial charge in [0.1, 0.15) is 53.9 Å². The molecule has 2 heterocycles. The van der Waals surface area contributed by atoms with Crippen molar-refractivity contribution in [3.8, 4) is 22.6 Å². The van der Waals surface area contributed by atoms with Crippen molar-refractivity contribution >= 4 is 62.7 Å². The van der Waals surface area contributed by atoms with Crippen molar-refractivity contribution in [3.05, 3.63) is 117 Å². The third-order valence-electron chi connectivity index (χ3n) is 13.7. The van der Waals surface area contributed by atoms with Crippen LogP contribution < -0.4 is 11.1 Å². The molecule has 0 saturated heterocycles. The van der Waals surface area contributed by atoms with Crippen molar-refractivity contribution in [2.24, 2.45) is 17.6 Å². The molecule has 16 heteroatoms. The summed E-state index contributed by atoms with van der Waals surface area (Å²) in [5.41, 5.74) is 11.2. The lowest BCUT2D eigenvalue weighted by atomic mass is 9.83. The van der Waals surface area contributed by atoms with Crippen LogP contribution in [0.5, 0.6) is 0 Å². The number of likely N-dealkylation sites (N-methyl/N-ethyl adjacent to an activating group) is 2. The van der Waals surface area contributed by atoms with Crippen molar-refractivity contribution in [2.45, 2.75) is 107 Å². The molecule has 3 N–H and O–H groups in total. The normalized spacial score (nSPS) is 13.9. The zero-order valence-electron chi connectivity index (χ0n) is 45.2. The number of ether oxygens (including phenoxy) is 3. The molecule has 6 aromatic rings. The number of furan rings is 2. The number of alkyl carbamates (subject to hydrolysis) is 1. The second-order valence-electron chi connectivity index (χ2n) is 21.3. The van der Waals surface area contributed by atoms with Gasteiger partial charge in [0.25, 0.3) is 0 Å². The van der Waals surface area contributed by atoms with E-state index in [2.05, 4.69) is 5.32 Å². The van der Waals surface area contributed by atoms with E-state index in [1.54, 1.807) is 34.6 Å². The molecule has 2 aromatic heterocycles. The van der Waals surface area contributed by atoms with Gasteiger partial charge in [-0.05, 0) is 119 Å². The summed E-state index contributed by atoms with van der Waals surface area (Å²) in [6, 6.07) is 17.6. The lowest BCUT2D eigenvalue weighted by Gasteiger charge is -2.25. The third-order valence-corrected chi connectivity index (χ3v) is 13.7. The van der Waals surface area contributed by atoms with Gasteiger partial charge in [-0.1, -0.05) is 76.2 Å². The van der Waals surface area contributed by atoms with Gasteiger partial charge >= 0.3 is 18.0 Å². The molecule has 0 fully saturated rings. The van der Waals surface area contributed by atoms with Crippen LogP contribution in [-0.4, -0.2) is 109 Å². The Bertz CT molecular complexity index is 3260. The maximum absolute atomic E-state index is 13.2. The van der Waals surface area contributed by atoms with Crippen LogP contribution in [-0.2, 0) is 36.9 Å². The summed E-state index contributed by atoms with van der Waals surface area (Å²) >= 11 is 0. The van der Waals surface area contributed by atoms with Gasteiger partial charge in [-0.2, -0.15) is 0 Å². The molecule has 0 saturated carbocycles. The van der Waals surface area contributed by atoms with E-state index in [9.17, 15) is 33.6 Å². The van der Waals surface area contributed by atoms with Crippen molar-refractivity contribution in [1.29, 1.82) is 0 Å². The number of Topliss-reactive ketones (excluding diaryl/α,β-unsaturated/α-hetero) is 4. The molecule has 16 nitrogen and oxygen atoms in total. The Morgan fingerprint density at radius 1 is 0.587 bits per heavy atom. The zero-order valence-corrected chi connectivity index (χ0v) is 45.2. The monoisotopic (exact) mass is 1020 g/mol. The SMILES string of the molecule is Cc1c(CN(C)CCOC(=O)[C@@H](N)C(C)C)oc2c1C(=O)C(=O)c1c-2ccc2c(C)cccc12.Cc1c(CN(C)CCOC(=O)[C@@H](NC(=O)OC(C)(C)C)C(C)C)oc2c1C(=O)C(=O)c1c-2ccc2c(C)cccc12. The first kappa shape index (κ1) is 55.5. The summed E-state index contributed by atoms with van der Waals surface area (Å²) in [7, 11) is 3.71. The van der Waals surface area contributed by atoms with Gasteiger partial charge in [0.15, 0.2) is 0 Å². The van der Waals surface area contributed by atoms with Gasteiger partial charge in [-0.15, -0.1) is 0 Å². The highest BCUT2D eigenvalue weighted by Crippen LogP contribution is 2.43. The van der Waals surface area contributed by atoms with E-state index in [0.717, 1.165) is 32.7 Å². The number of benzene rings is 4. The highest BCUT2D eigenvalue weighted by Gasteiger charge is 2.39. The number of nitrogens with two attached hydrogens (primary N) is 1. The van der Waals surface area contributed by atoms with Crippen LogP contribution in [0.4, 0.5) is 4.79 Å². The van der Waals surface area contributed by atoms with E-state index in [1.807, 2.05) is 126 Å². The van der Waals surface area contributed by atoms with E-state index in [1.165, 1.54) is 0 Å². The zero-order chi connectivity index (χ0) is 55.0. The second kappa shape index (κ2) is 22.3. The van der Waals surface area contributed by atoms with Crippen LogP contribution >= 0.6 is 0 Å². The molecule has 2 aliphatic rings. The van der Waals surface area contributed by atoms with Crippen molar-refractivity contribution < 1.29 is 56.6 Å². The molecular weight excluding hydrogens is 957 g/mol. The van der Waals surface area contributed by atoms with Gasteiger partial charge in [0.05, 0.1) is 24.2 Å². The summed E-state index contributed by atoms with van der Waals surface area (Å²) in [6.07, 6.45) is -0.680. The summed E-state index contributed by atoms with van der Waals surface area (Å²) in [4.78, 5) is 93.4. The number of carbonyl (C=O) groups is 7. The van der Waals surface area contributed by atoms with Crippen molar-refractivity contribution in [3.63, 3.8) is 0 Å². The number of nitrogens with one attached hydrogen (secondary N) is 1. The van der Waals surface area contributed by atoms with Gasteiger partial charge in [-0.25, -0.2) is 9.59 Å². The summed E-state index contributed by atoms with van der Waals surface area (Å²) in [5, 5.41) is 5.96. The molecule has 0 aliphatic heterocycles. The fraction of sp³-hybridized carbons (Fsp3) is 0.407. The molecule has 0 spiro atoms. The van der Waals surface area contributed by atoms with Gasteiger partial charge in [0, 0.05) is 46.5 Å². The molecular formula is C59H68N4O12. The average Bonchev–Trinajstić information content (AvgIpc) is 3.85. The maximum atomic E-state index is 13.2. The Morgan fingerprint density at radius 2 is 1.00 bits per heavy atom. The fourth-order valence-corrected chi connectivity index (χ4v) is 9.34. The minimum Gasteiger partial charge on any atom is -0.463 e. The number of fused-ring (bicyclic) bond motifs is 10. The fourth-order valence-electron chi connectivity index (χ4n) is 9.34. The first-order valence-corrected chi connectivity index (χ1v) is 25.2. The number of hydrogen-bond acceptors (Lipinski definition) is 15. The van der Waals surface area contributed by atoms with E-state index in [-0.39, 0.29) is 25.0 Å². The molecule has 0 bridgehead atoms. The molecule has 8 rings (SSSR count). The van der Waals surface area contributed by atoms with Gasteiger partial charge in [0.2, 0.25) is 23.1 Å². The van der Waals surface area contributed by atoms with Gasteiger partial charge < -0.3 is 34.1 Å². The topological polar surface area (TPSA) is 218 Å². The number of hydrogen-bond donors (Lipinski definition) is 2. The first-order valence-electron chi connectivity index (χ1n) is 25.2. The number of amides is 1. The molecule has 1 amide bonds. The number of esters is 2. The van der Waals surface area contributed by atoms with Crippen molar-refractivity contribution in [1.82, 2.24) is 15.1 Å². The Labute approximate surface area is 437 Å². The minimum absolute atomic E-state index is 0.00600. The van der Waals surface area contributed by atoms with Crippen molar-refractivity contribution in [2.75, 3.05) is 40.4 Å². The second-order valence-corrected chi connectivity index (χ2v) is 21.3. The Morgan fingerprint density at radius 3 is 1.40 bits per heavy atom. The van der Waals surface area contributed by atoms with Crippen LogP contribution in [0.15, 0.2) is 69.5 Å². The Balaban J connectivity index is 0.000000222. The average molecular weight is 1030 g/mol. The number of carbonyl (C=O) groups excluding carboxylic acids is 7. The Kier molecular flexibility index (Phi) is 16.5. The van der Waals surface area contributed by atoms with E-state index in [4.69, 9.17) is 28.8 Å². The molecule has 396 valence electrons. The number of rotatable bonds is 15. The van der Waals surface area contributed by atoms with Crippen LogP contribution in [0.3, 0.4) is 0 Å². The third kappa shape index (κ3) is 11.5. The smallest absolute Gasteiger partial charge is 0.408 e. The summed E-state index contributed by atoms with van der Waals surface area (Å²) in [5.74, 6) is -1.28. The summed E-state index contributed by atoms with van der Waals surface area (Å²) in [6.45, 7) is 22.0. The van der Waals surface area contributed by atoms with Crippen LogP contribution in [0, 0.1) is 39.5 Å². The number of aryl methyl sites for hydroxylation is 2. The molecule has 0 unspecified atom stereocenters. The first-order chi connectivity index (χ1) is 35.3. The van der Waals surface area contributed by atoms with E-state index in [0.29, 0.717) is 93.7 Å². The largest absolute Gasteiger partial charge is 0.463 e. The Hall–Kier alpha value is -7.27. The maximum Gasteiger partial charge on any atom is 0.408 e. The summed E-state index contributed by atoms with van der Waals surface area (Å²) < 4.78 is 28.4. The van der Waals surface area contributed by atoms with E-state index >= 15 is 0 Å². The lowest BCUT2D eigenvalue weighted by Crippen LogP contribution is -2.47. The molecule has 75 heavy (non-hydrogen) atoms. The number of nitrogens with zero attached hydrogens (tertiary/aromatic N) is 2. The molecule has 4 aromatic carbocycles. The lowest BCUT2D eigenvalue weighted by molar-refractivity contribution is -0.148. The van der Waals surface area contributed by atoms with Crippen LogP contribution in [0.1, 0.15) is 124 Å². The highest BCUT2D eigenvalue weighted by molar-refractivity contribution is 6.55. The predicted octanol–water partition coefficient (Wildman–Crippen LogP) is 9.67. The number of ketones is 4. The van der Waals surface area contributed by atoms with Gasteiger partial charge in [-0.3, -0.25) is 33.8 Å². The van der Waals surface area contributed by atoms with E-state index < -0.39 is 58.8 Å². The predicted molar refractivity (Wildman–Crippen MR) is 285 cm³/mol. The van der Waals surface area contributed by atoms with Crippen LogP contribution in [0.2, 0.25) is 0 Å². The van der Waals surface area contributed by atoms with Crippen LogP contribution in [0.25, 0.3) is 44.2 Å². The molecule has 2 aliphatic carbocycles.